The first-order valence-corrected chi connectivity index (χ1v) is 10.9. The highest BCUT2D eigenvalue weighted by molar-refractivity contribution is 5.66. The first kappa shape index (κ1) is 23.1. The Kier molecular flexibility index (Phi) is 8.31. The van der Waals surface area contributed by atoms with E-state index in [1.807, 2.05) is 6.92 Å². The molecule has 6 heteroatoms. The van der Waals surface area contributed by atoms with Crippen LogP contribution in [0.3, 0.4) is 0 Å². The van der Waals surface area contributed by atoms with Crippen LogP contribution in [0.5, 0.6) is 0 Å². The van der Waals surface area contributed by atoms with Crippen molar-refractivity contribution in [3.05, 3.63) is 0 Å². The minimum absolute atomic E-state index is 0.0297. The molecule has 0 aliphatic carbocycles. The molecule has 1 N–H and O–H groups in total. The van der Waals surface area contributed by atoms with Gasteiger partial charge in [0.05, 0.1) is 18.3 Å². The number of esters is 1. The zero-order chi connectivity index (χ0) is 20.9. The Morgan fingerprint density at radius 3 is 2.36 bits per heavy atom. The van der Waals surface area contributed by atoms with Gasteiger partial charge in [0.2, 0.25) is 0 Å². The summed E-state index contributed by atoms with van der Waals surface area (Å²) in [7, 11) is 0. The number of carboxylic acid groups (broad SMARTS) is 1. The quantitative estimate of drug-likeness (QED) is 0.604. The summed E-state index contributed by atoms with van der Waals surface area (Å²) < 4.78 is 18.4. The van der Waals surface area contributed by atoms with E-state index < -0.39 is 11.8 Å². The summed E-state index contributed by atoms with van der Waals surface area (Å²) in [6, 6.07) is 0. The number of carbonyl (C=O) groups excluding carboxylic acids is 1. The third kappa shape index (κ3) is 6.45. The Bertz CT molecular complexity index is 531. The van der Waals surface area contributed by atoms with Crippen LogP contribution in [-0.4, -0.2) is 41.1 Å². The van der Waals surface area contributed by atoms with Gasteiger partial charge < -0.3 is 19.3 Å². The van der Waals surface area contributed by atoms with Gasteiger partial charge in [0.15, 0.2) is 5.79 Å². The molecular formula is C22H38O6. The molecule has 1 spiro atoms. The van der Waals surface area contributed by atoms with Crippen LogP contribution in [0, 0.1) is 17.8 Å². The molecule has 2 saturated heterocycles. The second-order valence-corrected chi connectivity index (χ2v) is 9.09. The van der Waals surface area contributed by atoms with Crippen LogP contribution in [0.2, 0.25) is 0 Å². The van der Waals surface area contributed by atoms with Crippen LogP contribution in [-0.2, 0) is 23.8 Å². The average Bonchev–Trinajstić information content (AvgIpc) is 2.62. The molecule has 2 fully saturated rings. The Hall–Kier alpha value is -1.14. The maximum atomic E-state index is 11.1. The Morgan fingerprint density at radius 2 is 1.75 bits per heavy atom. The monoisotopic (exact) mass is 398 g/mol. The lowest BCUT2D eigenvalue weighted by Crippen LogP contribution is -2.53. The molecule has 0 bridgehead atoms. The number of hydrogen-bond donors (Lipinski definition) is 1. The van der Waals surface area contributed by atoms with Gasteiger partial charge >= 0.3 is 11.9 Å². The number of hydrogen-bond acceptors (Lipinski definition) is 5. The summed E-state index contributed by atoms with van der Waals surface area (Å²) in [4.78, 5) is 22.1. The zero-order valence-corrected chi connectivity index (χ0v) is 18.1. The Morgan fingerprint density at radius 1 is 1.11 bits per heavy atom. The summed E-state index contributed by atoms with van der Waals surface area (Å²) in [6.07, 6.45) is 6.30. The van der Waals surface area contributed by atoms with Crippen molar-refractivity contribution in [3.63, 3.8) is 0 Å². The molecule has 6 nitrogen and oxygen atoms in total. The molecule has 28 heavy (non-hydrogen) atoms. The van der Waals surface area contributed by atoms with E-state index in [1.165, 1.54) is 6.92 Å². The maximum Gasteiger partial charge on any atom is 0.303 e. The molecule has 0 aromatic rings. The van der Waals surface area contributed by atoms with Gasteiger partial charge in [0, 0.05) is 26.2 Å². The summed E-state index contributed by atoms with van der Waals surface area (Å²) in [6.45, 7) is 9.86. The van der Waals surface area contributed by atoms with Gasteiger partial charge in [-0.3, -0.25) is 9.59 Å². The highest BCUT2D eigenvalue weighted by atomic mass is 16.7. The molecule has 0 amide bonds. The van der Waals surface area contributed by atoms with Crippen molar-refractivity contribution in [2.24, 2.45) is 17.8 Å². The van der Waals surface area contributed by atoms with E-state index in [0.717, 1.165) is 38.5 Å². The third-order valence-electron chi connectivity index (χ3n) is 6.47. The summed E-state index contributed by atoms with van der Waals surface area (Å²) in [5.41, 5.74) is 0. The minimum atomic E-state index is -0.755. The van der Waals surface area contributed by atoms with Gasteiger partial charge in [-0.2, -0.15) is 0 Å². The first-order valence-electron chi connectivity index (χ1n) is 10.9. The molecule has 2 aliphatic rings. The standard InChI is InChI=1S/C22H38O6/c1-14-10-12-22(27-19(14)8-7-17(4)26-18(5)23)13-11-16(3)21(28-22)15(2)6-9-20(24)25/h14-17,19,21H,6-13H2,1-5H3,(H,24,25)/t14-,15-,16+,17?,19+,21+,22-/m1/s1. The largest absolute Gasteiger partial charge is 0.481 e. The van der Waals surface area contributed by atoms with E-state index in [9.17, 15) is 9.59 Å². The predicted molar refractivity (Wildman–Crippen MR) is 106 cm³/mol. The second kappa shape index (κ2) is 10.1. The molecule has 0 aromatic carbocycles. The molecular weight excluding hydrogens is 360 g/mol. The van der Waals surface area contributed by atoms with Crippen LogP contribution in [0.15, 0.2) is 0 Å². The van der Waals surface area contributed by atoms with Crippen LogP contribution >= 0.6 is 0 Å². The first-order chi connectivity index (χ1) is 13.1. The summed E-state index contributed by atoms with van der Waals surface area (Å²) in [5.74, 6) is -0.509. The van der Waals surface area contributed by atoms with Crippen molar-refractivity contribution in [2.75, 3.05) is 0 Å². The van der Waals surface area contributed by atoms with Crippen molar-refractivity contribution in [1.82, 2.24) is 0 Å². The third-order valence-corrected chi connectivity index (χ3v) is 6.47. The predicted octanol–water partition coefficient (Wildman–Crippen LogP) is 4.55. The van der Waals surface area contributed by atoms with Crippen LogP contribution in [0.1, 0.15) is 86.0 Å². The van der Waals surface area contributed by atoms with E-state index in [0.29, 0.717) is 18.3 Å². The van der Waals surface area contributed by atoms with Gasteiger partial charge in [-0.15, -0.1) is 0 Å². The lowest BCUT2D eigenvalue weighted by Gasteiger charge is -2.51. The van der Waals surface area contributed by atoms with Crippen LogP contribution in [0.4, 0.5) is 0 Å². The Labute approximate surface area is 169 Å². The lowest BCUT2D eigenvalue weighted by molar-refractivity contribution is -0.338. The van der Waals surface area contributed by atoms with E-state index in [4.69, 9.17) is 19.3 Å². The second-order valence-electron chi connectivity index (χ2n) is 9.09. The number of aliphatic carboxylic acids is 1. The Balaban J connectivity index is 1.97. The normalized spacial score (nSPS) is 35.3. The van der Waals surface area contributed by atoms with Gasteiger partial charge in [0.25, 0.3) is 0 Å². The summed E-state index contributed by atoms with van der Waals surface area (Å²) >= 11 is 0. The lowest BCUT2D eigenvalue weighted by atomic mass is 9.80. The van der Waals surface area contributed by atoms with E-state index >= 15 is 0 Å². The van der Waals surface area contributed by atoms with Crippen LogP contribution in [0.25, 0.3) is 0 Å². The number of carbonyl (C=O) groups is 2. The number of rotatable bonds is 8. The highest BCUT2D eigenvalue weighted by Gasteiger charge is 2.47. The number of carboxylic acids is 1. The van der Waals surface area contributed by atoms with Crippen molar-refractivity contribution in [2.45, 2.75) is 110 Å². The molecule has 2 heterocycles. The minimum Gasteiger partial charge on any atom is -0.481 e. The van der Waals surface area contributed by atoms with Crippen LogP contribution < -0.4 is 0 Å². The van der Waals surface area contributed by atoms with Gasteiger partial charge in [0.1, 0.15) is 0 Å². The maximum absolute atomic E-state index is 11.1. The molecule has 2 aliphatic heterocycles. The molecule has 0 radical (unpaired) electrons. The van der Waals surface area contributed by atoms with E-state index in [1.54, 1.807) is 0 Å². The van der Waals surface area contributed by atoms with Crippen molar-refractivity contribution >= 4 is 11.9 Å². The molecule has 2 rings (SSSR count). The topological polar surface area (TPSA) is 82.1 Å². The molecule has 7 atom stereocenters. The fraction of sp³-hybridized carbons (Fsp3) is 0.909. The van der Waals surface area contributed by atoms with E-state index in [-0.39, 0.29) is 36.6 Å². The highest BCUT2D eigenvalue weighted by Crippen LogP contribution is 2.45. The van der Waals surface area contributed by atoms with Gasteiger partial charge in [-0.25, -0.2) is 0 Å². The summed E-state index contributed by atoms with van der Waals surface area (Å²) in [5, 5.41) is 8.99. The molecule has 162 valence electrons. The fourth-order valence-corrected chi connectivity index (χ4v) is 4.67. The van der Waals surface area contributed by atoms with Gasteiger partial charge in [-0.05, 0) is 56.8 Å². The number of ether oxygens (including phenoxy) is 3. The zero-order valence-electron chi connectivity index (χ0n) is 18.1. The van der Waals surface area contributed by atoms with Crippen molar-refractivity contribution < 1.29 is 28.9 Å². The smallest absolute Gasteiger partial charge is 0.303 e. The molecule has 0 aromatic heterocycles. The molecule has 1 unspecified atom stereocenters. The fourth-order valence-electron chi connectivity index (χ4n) is 4.67. The average molecular weight is 399 g/mol. The SMILES string of the molecule is CC(=O)OC(C)CC[C@@H]1O[C@@]2(CC[C@H]1C)CC[C@H](C)[C@H]([C@H](C)CCC(=O)O)O2. The van der Waals surface area contributed by atoms with Crippen molar-refractivity contribution in [3.8, 4) is 0 Å². The molecule has 0 saturated carbocycles. The van der Waals surface area contributed by atoms with Gasteiger partial charge in [-0.1, -0.05) is 20.8 Å². The van der Waals surface area contributed by atoms with Crippen molar-refractivity contribution in [1.29, 1.82) is 0 Å². The van der Waals surface area contributed by atoms with E-state index in [2.05, 4.69) is 20.8 Å².